The number of aromatic nitrogens is 2. The van der Waals surface area contributed by atoms with E-state index in [0.717, 1.165) is 0 Å². The molecule has 2 N–H and O–H groups in total. The van der Waals surface area contributed by atoms with Gasteiger partial charge in [0.15, 0.2) is 5.69 Å². The van der Waals surface area contributed by atoms with E-state index >= 15 is 0 Å². The molecule has 8 heteroatoms. The number of nitrogens with one attached hydrogen (secondary N) is 2. The third kappa shape index (κ3) is 3.47. The lowest BCUT2D eigenvalue weighted by atomic mass is 9.87. The maximum absolute atomic E-state index is 14.4. The summed E-state index contributed by atoms with van der Waals surface area (Å²) >= 11 is 0. The maximum atomic E-state index is 14.4. The van der Waals surface area contributed by atoms with Crippen LogP contribution in [0.3, 0.4) is 0 Å². The van der Waals surface area contributed by atoms with Gasteiger partial charge in [0.25, 0.3) is 11.9 Å². The van der Waals surface area contributed by atoms with Crippen LogP contribution in [0.25, 0.3) is 0 Å². The number of amidine groups is 1. The van der Waals surface area contributed by atoms with Gasteiger partial charge in [0, 0.05) is 38.0 Å². The van der Waals surface area contributed by atoms with Crippen molar-refractivity contribution in [3.05, 3.63) is 47.5 Å². The summed E-state index contributed by atoms with van der Waals surface area (Å²) in [4.78, 5) is 16.2. The van der Waals surface area contributed by atoms with E-state index in [1.807, 2.05) is 6.92 Å². The second kappa shape index (κ2) is 6.54. The van der Waals surface area contributed by atoms with E-state index in [1.165, 1.54) is 12.1 Å². The highest BCUT2D eigenvalue weighted by Gasteiger charge is 2.34. The number of carbonyl (C=O) groups is 1. The van der Waals surface area contributed by atoms with Crippen LogP contribution < -0.4 is 10.6 Å². The molecule has 0 saturated carbocycles. The molecular formula is C17H20FN5O2. The predicted molar refractivity (Wildman–Crippen MR) is 92.0 cm³/mol. The first-order valence-corrected chi connectivity index (χ1v) is 7.90. The fraction of sp³-hybridized carbons (Fsp3) is 0.353. The Labute approximate surface area is 144 Å². The molecule has 1 atom stereocenters. The van der Waals surface area contributed by atoms with Crippen molar-refractivity contribution in [1.82, 2.24) is 15.1 Å². The van der Waals surface area contributed by atoms with E-state index < -0.39 is 5.54 Å². The minimum absolute atomic E-state index is 0.296. The molecule has 0 bridgehead atoms. The Morgan fingerprint density at radius 3 is 2.96 bits per heavy atom. The molecule has 0 radical (unpaired) electrons. The van der Waals surface area contributed by atoms with Gasteiger partial charge in [-0.3, -0.25) is 9.48 Å². The van der Waals surface area contributed by atoms with Gasteiger partial charge < -0.3 is 15.4 Å². The van der Waals surface area contributed by atoms with Crippen molar-refractivity contribution in [2.24, 2.45) is 12.0 Å². The molecule has 0 unspecified atom stereocenters. The number of anilines is 1. The number of aliphatic imine (C=N–C) groups is 1. The topological polar surface area (TPSA) is 80.5 Å². The number of halogens is 1. The van der Waals surface area contributed by atoms with E-state index in [0.29, 0.717) is 36.0 Å². The molecule has 7 nitrogen and oxygen atoms in total. The molecule has 132 valence electrons. The van der Waals surface area contributed by atoms with Gasteiger partial charge in [0.1, 0.15) is 5.82 Å². The van der Waals surface area contributed by atoms with Gasteiger partial charge in [-0.05, 0) is 31.2 Å². The number of ether oxygens (including phenoxy) is 1. The second-order valence-corrected chi connectivity index (χ2v) is 6.11. The molecule has 1 aromatic carbocycles. The SMILES string of the molecule is CN=C1N[C@](C)(c2cc(NC(=O)c3ccn(C)n3)ccc2F)CCO1. The fourth-order valence-corrected chi connectivity index (χ4v) is 2.77. The average molecular weight is 345 g/mol. The first-order valence-electron chi connectivity index (χ1n) is 7.90. The second-order valence-electron chi connectivity index (χ2n) is 6.11. The summed E-state index contributed by atoms with van der Waals surface area (Å²) in [5.41, 5.74) is 0.555. The standard InChI is InChI=1S/C17H20FN5O2/c1-17(7-9-25-16(19-2)21-17)12-10-11(4-5-13(12)18)20-15(24)14-6-8-23(3)22-14/h4-6,8,10H,7,9H2,1-3H3,(H,19,21)(H,20,24)/t17-/m0/s1. The van der Waals surface area contributed by atoms with E-state index in [9.17, 15) is 9.18 Å². The van der Waals surface area contributed by atoms with Crippen LogP contribution in [-0.2, 0) is 17.3 Å². The highest BCUT2D eigenvalue weighted by atomic mass is 19.1. The molecule has 1 aliphatic rings. The average Bonchev–Trinajstić information content (AvgIpc) is 3.03. The maximum Gasteiger partial charge on any atom is 0.285 e. The van der Waals surface area contributed by atoms with Crippen LogP contribution in [0.1, 0.15) is 29.4 Å². The quantitative estimate of drug-likeness (QED) is 0.892. The molecule has 1 fully saturated rings. The number of nitrogens with zero attached hydrogens (tertiary/aromatic N) is 3. The van der Waals surface area contributed by atoms with E-state index in [2.05, 4.69) is 20.7 Å². The lowest BCUT2D eigenvalue weighted by Crippen LogP contribution is -2.50. The van der Waals surface area contributed by atoms with Crippen LogP contribution in [0.15, 0.2) is 35.5 Å². The zero-order valence-electron chi connectivity index (χ0n) is 14.3. The van der Waals surface area contributed by atoms with Gasteiger partial charge in [-0.2, -0.15) is 5.10 Å². The summed E-state index contributed by atoms with van der Waals surface area (Å²) in [5.74, 6) is -0.706. The Kier molecular flexibility index (Phi) is 4.43. The third-order valence-corrected chi connectivity index (χ3v) is 4.19. The number of rotatable bonds is 3. The smallest absolute Gasteiger partial charge is 0.285 e. The fourth-order valence-electron chi connectivity index (χ4n) is 2.77. The molecule has 0 spiro atoms. The molecule has 3 rings (SSSR count). The van der Waals surface area contributed by atoms with Crippen LogP contribution >= 0.6 is 0 Å². The summed E-state index contributed by atoms with van der Waals surface area (Å²) < 4.78 is 21.4. The van der Waals surface area contributed by atoms with Crippen molar-refractivity contribution in [2.45, 2.75) is 18.9 Å². The summed E-state index contributed by atoms with van der Waals surface area (Å²) in [6.45, 7) is 2.31. The Morgan fingerprint density at radius 1 is 1.48 bits per heavy atom. The van der Waals surface area contributed by atoms with Gasteiger partial charge in [-0.1, -0.05) is 0 Å². The lowest BCUT2D eigenvalue weighted by molar-refractivity contribution is 0.102. The number of hydrogen-bond donors (Lipinski definition) is 2. The molecular weight excluding hydrogens is 325 g/mol. The predicted octanol–water partition coefficient (Wildman–Crippen LogP) is 2.02. The van der Waals surface area contributed by atoms with Crippen LogP contribution in [0.4, 0.5) is 10.1 Å². The van der Waals surface area contributed by atoms with Crippen molar-refractivity contribution >= 4 is 17.6 Å². The van der Waals surface area contributed by atoms with Crippen LogP contribution in [0.5, 0.6) is 0 Å². The monoisotopic (exact) mass is 345 g/mol. The van der Waals surface area contributed by atoms with Crippen LogP contribution in [0, 0.1) is 5.82 Å². The minimum atomic E-state index is -0.678. The lowest BCUT2D eigenvalue weighted by Gasteiger charge is -2.36. The van der Waals surface area contributed by atoms with Crippen molar-refractivity contribution in [3.8, 4) is 0 Å². The number of aryl methyl sites for hydroxylation is 1. The van der Waals surface area contributed by atoms with Gasteiger partial charge >= 0.3 is 0 Å². The molecule has 2 heterocycles. The number of carbonyl (C=O) groups excluding carboxylic acids is 1. The first-order chi connectivity index (χ1) is 11.9. The van der Waals surface area contributed by atoms with Gasteiger partial charge in [0.05, 0.1) is 12.1 Å². The molecule has 2 aromatic rings. The van der Waals surface area contributed by atoms with E-state index in [-0.39, 0.29) is 11.7 Å². The summed E-state index contributed by atoms with van der Waals surface area (Å²) in [5, 5.41) is 9.92. The molecule has 0 aliphatic carbocycles. The molecule has 1 amide bonds. The first kappa shape index (κ1) is 16.9. The van der Waals surface area contributed by atoms with Gasteiger partial charge in [-0.15, -0.1) is 0 Å². The zero-order valence-corrected chi connectivity index (χ0v) is 14.3. The highest BCUT2D eigenvalue weighted by Crippen LogP contribution is 2.31. The molecule has 1 aliphatic heterocycles. The zero-order chi connectivity index (χ0) is 18.0. The van der Waals surface area contributed by atoms with Gasteiger partial charge in [-0.25, -0.2) is 9.38 Å². The van der Waals surface area contributed by atoms with Gasteiger partial charge in [0.2, 0.25) is 0 Å². The minimum Gasteiger partial charge on any atom is -0.465 e. The Morgan fingerprint density at radius 2 is 2.28 bits per heavy atom. The van der Waals surface area contributed by atoms with Crippen molar-refractivity contribution in [1.29, 1.82) is 0 Å². The Bertz CT molecular complexity index is 832. The van der Waals surface area contributed by atoms with Crippen LogP contribution in [-0.4, -0.2) is 35.4 Å². The van der Waals surface area contributed by atoms with Crippen molar-refractivity contribution in [2.75, 3.05) is 19.0 Å². The number of benzene rings is 1. The largest absolute Gasteiger partial charge is 0.465 e. The molecule has 1 saturated heterocycles. The summed E-state index contributed by atoms with van der Waals surface area (Å²) in [7, 11) is 3.34. The summed E-state index contributed by atoms with van der Waals surface area (Å²) in [6, 6.07) is 6.48. The third-order valence-electron chi connectivity index (χ3n) is 4.19. The summed E-state index contributed by atoms with van der Waals surface area (Å²) in [6.07, 6.45) is 2.25. The normalized spacial score (nSPS) is 21.5. The number of hydrogen-bond acceptors (Lipinski definition) is 4. The van der Waals surface area contributed by atoms with E-state index in [4.69, 9.17) is 4.74 Å². The molecule has 25 heavy (non-hydrogen) atoms. The highest BCUT2D eigenvalue weighted by molar-refractivity contribution is 6.02. The van der Waals surface area contributed by atoms with Crippen molar-refractivity contribution in [3.63, 3.8) is 0 Å². The van der Waals surface area contributed by atoms with Crippen molar-refractivity contribution < 1.29 is 13.9 Å². The Hall–Kier alpha value is -2.90. The number of amides is 1. The molecule has 1 aromatic heterocycles. The van der Waals surface area contributed by atoms with Crippen LogP contribution in [0.2, 0.25) is 0 Å². The van der Waals surface area contributed by atoms with E-state index in [1.54, 1.807) is 37.1 Å². The Balaban J connectivity index is 1.86.